The zero-order valence-electron chi connectivity index (χ0n) is 7.89. The lowest BCUT2D eigenvalue weighted by Crippen LogP contribution is -2.45. The van der Waals surface area contributed by atoms with Crippen molar-refractivity contribution in [1.82, 2.24) is 9.62 Å². The van der Waals surface area contributed by atoms with Gasteiger partial charge in [-0.1, -0.05) is 13.3 Å². The molecule has 0 unspecified atom stereocenters. The van der Waals surface area contributed by atoms with Gasteiger partial charge in [-0.25, -0.2) is 0 Å². The highest BCUT2D eigenvalue weighted by Gasteiger charge is 2.17. The van der Waals surface area contributed by atoms with E-state index in [9.17, 15) is 0 Å². The number of hydrogen-bond acceptors (Lipinski definition) is 2. The van der Waals surface area contributed by atoms with Gasteiger partial charge in [0.2, 0.25) is 0 Å². The molecule has 0 N–H and O–H groups in total. The fourth-order valence-electron chi connectivity index (χ4n) is 1.24. The van der Waals surface area contributed by atoms with Gasteiger partial charge >= 0.3 is 6.98 Å². The minimum Gasteiger partial charge on any atom is -0.334 e. The molecule has 60 valence electrons. The predicted molar refractivity (Wildman–Crippen MR) is 48.2 cm³/mol. The van der Waals surface area contributed by atoms with Gasteiger partial charge in [0.1, 0.15) is 0 Å². The molecule has 0 amide bonds. The molecule has 0 aromatic rings. The first-order valence-electron chi connectivity index (χ1n) is 3.92. The first kappa shape index (κ1) is 9.98. The standard InChI is InChI=1S/C7H19BN2/c1-6-7-8(9(2)3)10(4)5/h6-7H2,1-5H3. The van der Waals surface area contributed by atoms with E-state index in [-0.39, 0.29) is 0 Å². The van der Waals surface area contributed by atoms with Crippen LogP contribution in [0.3, 0.4) is 0 Å². The average Bonchev–Trinajstić information content (AvgIpc) is 1.81. The average molecular weight is 142 g/mol. The van der Waals surface area contributed by atoms with E-state index in [0.717, 1.165) is 0 Å². The van der Waals surface area contributed by atoms with Crippen LogP contribution in [-0.2, 0) is 0 Å². The van der Waals surface area contributed by atoms with Gasteiger partial charge in [0.25, 0.3) is 0 Å². The zero-order valence-corrected chi connectivity index (χ0v) is 7.89. The summed E-state index contributed by atoms with van der Waals surface area (Å²) in [6, 6.07) is 0. The molecule has 0 atom stereocenters. The summed E-state index contributed by atoms with van der Waals surface area (Å²) in [5.41, 5.74) is 0. The second-order valence-electron chi connectivity index (χ2n) is 3.20. The second kappa shape index (κ2) is 4.75. The van der Waals surface area contributed by atoms with E-state index < -0.39 is 0 Å². The largest absolute Gasteiger partial charge is 0.334 e. The summed E-state index contributed by atoms with van der Waals surface area (Å²) in [4.78, 5) is 4.51. The minimum absolute atomic E-state index is 0.602. The molecule has 0 aliphatic rings. The monoisotopic (exact) mass is 142 g/mol. The quantitative estimate of drug-likeness (QED) is 0.540. The van der Waals surface area contributed by atoms with Crippen molar-refractivity contribution in [3.63, 3.8) is 0 Å². The summed E-state index contributed by atoms with van der Waals surface area (Å²) in [5, 5.41) is 0. The normalized spacial score (nSPS) is 11.1. The van der Waals surface area contributed by atoms with E-state index in [4.69, 9.17) is 0 Å². The number of nitrogens with zero attached hydrogens (tertiary/aromatic N) is 2. The third-order valence-corrected chi connectivity index (χ3v) is 1.74. The third-order valence-electron chi connectivity index (χ3n) is 1.74. The van der Waals surface area contributed by atoms with E-state index in [0.29, 0.717) is 6.98 Å². The van der Waals surface area contributed by atoms with Gasteiger partial charge in [-0.15, -0.1) is 0 Å². The Kier molecular flexibility index (Phi) is 4.74. The van der Waals surface area contributed by atoms with Crippen molar-refractivity contribution in [3.05, 3.63) is 0 Å². The molecule has 0 fully saturated rings. The zero-order chi connectivity index (χ0) is 8.15. The van der Waals surface area contributed by atoms with Crippen molar-refractivity contribution in [1.29, 1.82) is 0 Å². The summed E-state index contributed by atoms with van der Waals surface area (Å²) in [6.45, 7) is 2.82. The van der Waals surface area contributed by atoms with E-state index in [1.165, 1.54) is 12.7 Å². The van der Waals surface area contributed by atoms with Crippen LogP contribution in [0.1, 0.15) is 13.3 Å². The van der Waals surface area contributed by atoms with Crippen LogP contribution >= 0.6 is 0 Å². The lowest BCUT2D eigenvalue weighted by atomic mass is 9.68. The number of hydrogen-bond donors (Lipinski definition) is 0. The SMILES string of the molecule is CCCB(N(C)C)N(C)C. The van der Waals surface area contributed by atoms with Gasteiger partial charge in [0.15, 0.2) is 0 Å². The summed E-state index contributed by atoms with van der Waals surface area (Å²) in [5.74, 6) is 0. The molecule has 0 rings (SSSR count). The van der Waals surface area contributed by atoms with Crippen LogP contribution < -0.4 is 0 Å². The Bertz CT molecular complexity index is 75.7. The van der Waals surface area contributed by atoms with Crippen LogP contribution in [0.4, 0.5) is 0 Å². The van der Waals surface area contributed by atoms with Crippen molar-refractivity contribution >= 4 is 6.98 Å². The molecule has 0 radical (unpaired) electrons. The third kappa shape index (κ3) is 3.23. The Balaban J connectivity index is 3.73. The molecular formula is C7H19BN2. The van der Waals surface area contributed by atoms with Crippen LogP contribution in [0.15, 0.2) is 0 Å². The topological polar surface area (TPSA) is 6.48 Å². The van der Waals surface area contributed by atoms with Crippen LogP contribution in [0.25, 0.3) is 0 Å². The fraction of sp³-hybridized carbons (Fsp3) is 1.00. The summed E-state index contributed by atoms with van der Waals surface area (Å²) >= 11 is 0. The Morgan fingerprint density at radius 3 is 1.50 bits per heavy atom. The molecule has 0 aliphatic carbocycles. The maximum absolute atomic E-state index is 2.25. The molecule has 0 heterocycles. The lowest BCUT2D eigenvalue weighted by Gasteiger charge is -2.25. The Labute approximate surface area is 65.3 Å². The molecule has 0 aromatic carbocycles. The van der Waals surface area contributed by atoms with E-state index in [1.54, 1.807) is 0 Å². The van der Waals surface area contributed by atoms with Crippen molar-refractivity contribution in [2.75, 3.05) is 28.2 Å². The minimum atomic E-state index is 0.602. The van der Waals surface area contributed by atoms with Crippen LogP contribution in [0.2, 0.25) is 6.32 Å². The van der Waals surface area contributed by atoms with Crippen molar-refractivity contribution in [3.8, 4) is 0 Å². The highest BCUT2D eigenvalue weighted by molar-refractivity contribution is 6.52. The highest BCUT2D eigenvalue weighted by atomic mass is 15.2. The van der Waals surface area contributed by atoms with Gasteiger partial charge in [0, 0.05) is 0 Å². The Morgan fingerprint density at radius 1 is 1.00 bits per heavy atom. The van der Waals surface area contributed by atoms with Gasteiger partial charge in [-0.05, 0) is 34.5 Å². The molecule has 3 heteroatoms. The fourth-order valence-corrected chi connectivity index (χ4v) is 1.24. The predicted octanol–water partition coefficient (Wildman–Crippen LogP) is 1.01. The molecule has 0 saturated heterocycles. The van der Waals surface area contributed by atoms with Crippen LogP contribution in [0, 0.1) is 0 Å². The molecule has 2 nitrogen and oxygen atoms in total. The van der Waals surface area contributed by atoms with E-state index in [2.05, 4.69) is 44.7 Å². The summed E-state index contributed by atoms with van der Waals surface area (Å²) in [7, 11) is 8.50. The van der Waals surface area contributed by atoms with E-state index >= 15 is 0 Å². The van der Waals surface area contributed by atoms with Gasteiger partial charge in [0.05, 0.1) is 0 Å². The van der Waals surface area contributed by atoms with Crippen molar-refractivity contribution < 1.29 is 0 Å². The van der Waals surface area contributed by atoms with Gasteiger partial charge in [-0.3, -0.25) is 0 Å². The second-order valence-corrected chi connectivity index (χ2v) is 3.20. The molecule has 0 aliphatic heterocycles. The number of rotatable bonds is 4. The first-order chi connectivity index (χ1) is 4.59. The first-order valence-corrected chi connectivity index (χ1v) is 3.92. The molecule has 0 spiro atoms. The highest BCUT2D eigenvalue weighted by Crippen LogP contribution is 2.01. The van der Waals surface area contributed by atoms with Crippen LogP contribution in [0.5, 0.6) is 0 Å². The lowest BCUT2D eigenvalue weighted by molar-refractivity contribution is 0.511. The van der Waals surface area contributed by atoms with Crippen molar-refractivity contribution in [2.24, 2.45) is 0 Å². The summed E-state index contributed by atoms with van der Waals surface area (Å²) in [6.07, 6.45) is 2.50. The van der Waals surface area contributed by atoms with Crippen LogP contribution in [-0.4, -0.2) is 44.8 Å². The molecule has 0 bridgehead atoms. The summed E-state index contributed by atoms with van der Waals surface area (Å²) < 4.78 is 0. The molecule has 10 heavy (non-hydrogen) atoms. The van der Waals surface area contributed by atoms with Gasteiger partial charge in [-0.2, -0.15) is 0 Å². The maximum Gasteiger partial charge on any atom is 0.309 e. The molecule has 0 aromatic heterocycles. The molecular weight excluding hydrogens is 123 g/mol. The van der Waals surface area contributed by atoms with Gasteiger partial charge < -0.3 is 9.62 Å². The van der Waals surface area contributed by atoms with Crippen molar-refractivity contribution in [2.45, 2.75) is 19.7 Å². The smallest absolute Gasteiger partial charge is 0.309 e. The molecule has 0 saturated carbocycles. The maximum atomic E-state index is 2.25. The Morgan fingerprint density at radius 2 is 1.40 bits per heavy atom. The Hall–Kier alpha value is -0.0151. The van der Waals surface area contributed by atoms with E-state index in [1.807, 2.05) is 0 Å².